The van der Waals surface area contributed by atoms with Crippen LogP contribution >= 0.6 is 11.6 Å². The van der Waals surface area contributed by atoms with E-state index in [1.165, 1.54) is 6.42 Å². The van der Waals surface area contributed by atoms with Crippen molar-refractivity contribution in [2.75, 3.05) is 10.6 Å². The van der Waals surface area contributed by atoms with Gasteiger partial charge in [-0.1, -0.05) is 74.9 Å². The summed E-state index contributed by atoms with van der Waals surface area (Å²) in [6.07, 6.45) is 12.9. The molecular weight excluding hydrogens is 614 g/mol. The Balaban J connectivity index is 0.000000185. The Morgan fingerprint density at radius 3 is 1.53 bits per heavy atom. The fraction of sp³-hybridized carbons (Fsp3) is 0.343. The van der Waals surface area contributed by atoms with Crippen molar-refractivity contribution >= 4 is 35.0 Å². The van der Waals surface area contributed by atoms with Crippen molar-refractivity contribution in [3.05, 3.63) is 108 Å². The maximum absolute atomic E-state index is 12.5. The van der Waals surface area contributed by atoms with E-state index in [-0.39, 0.29) is 23.2 Å². The van der Waals surface area contributed by atoms with Gasteiger partial charge in [0.1, 0.15) is 6.07 Å². The average molecular weight is 652 g/mol. The number of nitrogens with zero attached hydrogens (tertiary/aromatic N) is 5. The molecule has 0 bridgehead atoms. The average Bonchev–Trinajstić information content (AvgIpc) is 3.10. The molecule has 2 fully saturated rings. The Morgan fingerprint density at radius 1 is 0.638 bits per heavy atom. The molecular formula is C35H38ClN9O2. The van der Waals surface area contributed by atoms with Crippen LogP contribution in [0.3, 0.4) is 0 Å². The first-order valence-electron chi connectivity index (χ1n) is 15.9. The lowest BCUT2D eigenvalue weighted by Gasteiger charge is -2.37. The van der Waals surface area contributed by atoms with Crippen LogP contribution in [0.15, 0.2) is 85.2 Å². The van der Waals surface area contributed by atoms with E-state index in [0.717, 1.165) is 74.9 Å². The molecule has 0 aliphatic heterocycles. The Morgan fingerprint density at radius 2 is 1.09 bits per heavy atom. The molecule has 6 rings (SSSR count). The molecule has 2 aromatic carbocycles. The lowest BCUT2D eigenvalue weighted by molar-refractivity contribution is 0.209. The number of carbonyl (C=O) groups excluding carboxylic acids is 2. The highest BCUT2D eigenvalue weighted by Gasteiger charge is 2.38. The van der Waals surface area contributed by atoms with Crippen LogP contribution in [-0.4, -0.2) is 32.0 Å². The number of hydrogen-bond donors (Lipinski definition) is 4. The molecule has 4 aromatic rings. The highest BCUT2D eigenvalue weighted by atomic mass is 35.5. The van der Waals surface area contributed by atoms with Gasteiger partial charge in [0, 0.05) is 23.8 Å². The lowest BCUT2D eigenvalue weighted by Crippen LogP contribution is -2.49. The van der Waals surface area contributed by atoms with Gasteiger partial charge in [-0.15, -0.1) is 0 Å². The molecule has 12 heteroatoms. The predicted molar refractivity (Wildman–Crippen MR) is 181 cm³/mol. The van der Waals surface area contributed by atoms with Gasteiger partial charge in [-0.25, -0.2) is 29.5 Å². The third-order valence-corrected chi connectivity index (χ3v) is 8.73. The molecule has 0 unspecified atom stereocenters. The summed E-state index contributed by atoms with van der Waals surface area (Å²) in [7, 11) is 0. The van der Waals surface area contributed by atoms with E-state index in [2.05, 4.69) is 41.2 Å². The van der Waals surface area contributed by atoms with Crippen LogP contribution < -0.4 is 21.3 Å². The molecule has 0 atom stereocenters. The van der Waals surface area contributed by atoms with Crippen molar-refractivity contribution in [1.82, 2.24) is 30.6 Å². The van der Waals surface area contributed by atoms with Crippen LogP contribution in [0.1, 0.15) is 81.4 Å². The fourth-order valence-electron chi connectivity index (χ4n) is 6.28. The molecule has 2 aliphatic carbocycles. The van der Waals surface area contributed by atoms with Gasteiger partial charge in [-0.05, 0) is 73.7 Å². The number of urea groups is 2. The van der Waals surface area contributed by atoms with Crippen molar-refractivity contribution in [3.8, 4) is 6.07 Å². The molecule has 2 aromatic heterocycles. The topological polar surface area (TPSA) is 158 Å². The van der Waals surface area contributed by atoms with E-state index < -0.39 is 11.1 Å². The number of nitrogens with one attached hydrogen (secondary N) is 4. The first-order chi connectivity index (χ1) is 22.9. The number of amides is 4. The Hall–Kier alpha value is -5.08. The summed E-state index contributed by atoms with van der Waals surface area (Å²) in [5, 5.41) is 21.2. The third kappa shape index (κ3) is 9.01. The maximum Gasteiger partial charge on any atom is 0.319 e. The number of rotatable bonds is 6. The van der Waals surface area contributed by atoms with Gasteiger partial charge in [0.15, 0.2) is 0 Å². The molecule has 2 saturated carbocycles. The van der Waals surface area contributed by atoms with Gasteiger partial charge < -0.3 is 21.3 Å². The summed E-state index contributed by atoms with van der Waals surface area (Å²) in [4.78, 5) is 41.5. The first kappa shape index (κ1) is 33.3. The molecule has 2 aliphatic rings. The number of benzene rings is 2. The molecule has 242 valence electrons. The second-order valence-electron chi connectivity index (χ2n) is 11.8. The normalized spacial score (nSPS) is 16.3. The number of hydrogen-bond acceptors (Lipinski definition) is 7. The van der Waals surface area contributed by atoms with Gasteiger partial charge >= 0.3 is 12.1 Å². The highest BCUT2D eigenvalue weighted by Crippen LogP contribution is 2.37. The summed E-state index contributed by atoms with van der Waals surface area (Å²) in [5.74, 6) is 0.128. The van der Waals surface area contributed by atoms with E-state index in [1.54, 1.807) is 18.5 Å². The predicted octanol–water partition coefficient (Wildman–Crippen LogP) is 7.44. The van der Waals surface area contributed by atoms with Crippen molar-refractivity contribution in [3.63, 3.8) is 0 Å². The highest BCUT2D eigenvalue weighted by molar-refractivity contribution is 6.28. The number of anilines is 2. The molecule has 0 radical (unpaired) electrons. The zero-order chi connectivity index (χ0) is 33.0. The quantitative estimate of drug-likeness (QED) is 0.158. The van der Waals surface area contributed by atoms with E-state index in [4.69, 9.17) is 16.9 Å². The van der Waals surface area contributed by atoms with Crippen LogP contribution in [-0.2, 0) is 11.1 Å². The minimum atomic E-state index is -0.550. The van der Waals surface area contributed by atoms with Gasteiger partial charge in [-0.2, -0.15) is 5.26 Å². The van der Waals surface area contributed by atoms with E-state index in [9.17, 15) is 9.59 Å². The van der Waals surface area contributed by atoms with Crippen LogP contribution in [0.2, 0.25) is 5.28 Å². The fourth-order valence-corrected chi connectivity index (χ4v) is 6.43. The molecule has 4 N–H and O–H groups in total. The monoisotopic (exact) mass is 651 g/mol. The van der Waals surface area contributed by atoms with Gasteiger partial charge in [0.25, 0.3) is 0 Å². The lowest BCUT2D eigenvalue weighted by atomic mass is 9.79. The molecule has 11 nitrogen and oxygen atoms in total. The van der Waals surface area contributed by atoms with Gasteiger partial charge in [0.2, 0.25) is 11.1 Å². The van der Waals surface area contributed by atoms with E-state index >= 15 is 0 Å². The van der Waals surface area contributed by atoms with Crippen molar-refractivity contribution < 1.29 is 9.59 Å². The summed E-state index contributed by atoms with van der Waals surface area (Å²) in [6.45, 7) is 0. The number of para-hydroxylation sites is 2. The Labute approximate surface area is 279 Å². The summed E-state index contributed by atoms with van der Waals surface area (Å²) < 4.78 is 0. The van der Waals surface area contributed by atoms with Crippen molar-refractivity contribution in [1.29, 1.82) is 5.26 Å². The number of carbonyl (C=O) groups is 2. The van der Waals surface area contributed by atoms with Crippen molar-refractivity contribution in [2.24, 2.45) is 0 Å². The zero-order valence-electron chi connectivity index (χ0n) is 26.1. The first-order valence-corrected chi connectivity index (χ1v) is 16.3. The largest absolute Gasteiger partial charge is 0.327 e. The standard InChI is InChI=1S/C18H19N5O.C17H19ClN4O/c19-13-16-20-12-9-15(22-16)18(10-5-2-6-11-18)23-17(24)21-14-7-3-1-4-8-14;18-15-19-12-9-14(21-15)17(10-5-2-6-11-17)22-16(23)20-13-7-3-1-4-8-13/h1,3-4,7-9,12H,2,5-6,10-11H2,(H2,21,23,24);1,3-4,7-9,12H,2,5-6,10-11H2,(H2,20,22,23). The second kappa shape index (κ2) is 16.0. The third-order valence-electron chi connectivity index (χ3n) is 8.55. The smallest absolute Gasteiger partial charge is 0.319 e. The zero-order valence-corrected chi connectivity index (χ0v) is 26.8. The molecule has 0 spiro atoms. The minimum Gasteiger partial charge on any atom is -0.327 e. The molecule has 47 heavy (non-hydrogen) atoms. The van der Waals surface area contributed by atoms with E-state index in [0.29, 0.717) is 5.69 Å². The molecule has 2 heterocycles. The van der Waals surface area contributed by atoms with E-state index in [1.807, 2.05) is 72.8 Å². The molecule has 4 amide bonds. The van der Waals surface area contributed by atoms with Gasteiger partial charge in [0.05, 0.1) is 22.5 Å². The summed E-state index contributed by atoms with van der Waals surface area (Å²) in [6, 6.07) is 23.8. The number of nitriles is 1. The number of halogens is 1. The SMILES string of the molecule is N#Cc1nccc(C2(NC(=O)Nc3ccccc3)CCCCC2)n1.O=C(Nc1ccccc1)NC1(c2ccnc(Cl)n2)CCCCC1. The maximum atomic E-state index is 12.5. The molecule has 0 saturated heterocycles. The second-order valence-corrected chi connectivity index (χ2v) is 12.1. The van der Waals surface area contributed by atoms with Crippen molar-refractivity contribution in [2.45, 2.75) is 75.3 Å². The van der Waals surface area contributed by atoms with Crippen LogP contribution in [0.5, 0.6) is 0 Å². The number of aromatic nitrogens is 4. The Bertz CT molecular complexity index is 1670. The summed E-state index contributed by atoms with van der Waals surface area (Å²) in [5.41, 5.74) is 1.95. The Kier molecular flexibility index (Phi) is 11.3. The van der Waals surface area contributed by atoms with Crippen LogP contribution in [0.25, 0.3) is 0 Å². The summed E-state index contributed by atoms with van der Waals surface area (Å²) >= 11 is 5.94. The van der Waals surface area contributed by atoms with Crippen LogP contribution in [0, 0.1) is 11.3 Å². The van der Waals surface area contributed by atoms with Gasteiger partial charge in [-0.3, -0.25) is 0 Å². The minimum absolute atomic E-state index is 0.128. The van der Waals surface area contributed by atoms with Crippen LogP contribution in [0.4, 0.5) is 21.0 Å².